The standard InChI is InChI=1S/C7H9FN2OS/c8-6-4-9-7(10-5-6)12-3-1-2-11/h4-5,11H,1-3H2. The summed E-state index contributed by atoms with van der Waals surface area (Å²) in [4.78, 5) is 7.49. The summed E-state index contributed by atoms with van der Waals surface area (Å²) in [6, 6.07) is 0. The molecule has 1 heterocycles. The van der Waals surface area contributed by atoms with Gasteiger partial charge in [0, 0.05) is 12.4 Å². The van der Waals surface area contributed by atoms with E-state index in [0.717, 1.165) is 18.1 Å². The first-order valence-corrected chi connectivity index (χ1v) is 4.52. The van der Waals surface area contributed by atoms with Crippen LogP contribution in [0.1, 0.15) is 6.42 Å². The minimum absolute atomic E-state index is 0.161. The van der Waals surface area contributed by atoms with Crippen molar-refractivity contribution in [2.75, 3.05) is 12.4 Å². The van der Waals surface area contributed by atoms with Crippen LogP contribution in [0.4, 0.5) is 4.39 Å². The zero-order valence-electron chi connectivity index (χ0n) is 6.40. The molecule has 0 fully saturated rings. The summed E-state index contributed by atoms with van der Waals surface area (Å²) < 4.78 is 12.3. The Morgan fingerprint density at radius 2 is 2.08 bits per heavy atom. The molecular weight excluding hydrogens is 179 g/mol. The van der Waals surface area contributed by atoms with Crippen LogP contribution in [0.5, 0.6) is 0 Å². The quantitative estimate of drug-likeness (QED) is 0.436. The second kappa shape index (κ2) is 5.05. The van der Waals surface area contributed by atoms with E-state index in [1.165, 1.54) is 11.8 Å². The molecule has 0 saturated carbocycles. The molecule has 5 heteroatoms. The highest BCUT2D eigenvalue weighted by molar-refractivity contribution is 7.99. The molecule has 1 aromatic rings. The highest BCUT2D eigenvalue weighted by atomic mass is 32.2. The molecule has 0 spiro atoms. The van der Waals surface area contributed by atoms with Crippen molar-refractivity contribution in [3.63, 3.8) is 0 Å². The Balaban J connectivity index is 2.37. The topological polar surface area (TPSA) is 46.0 Å². The second-order valence-corrected chi connectivity index (χ2v) is 3.17. The monoisotopic (exact) mass is 188 g/mol. The van der Waals surface area contributed by atoms with Gasteiger partial charge in [-0.05, 0) is 6.42 Å². The van der Waals surface area contributed by atoms with E-state index in [9.17, 15) is 4.39 Å². The lowest BCUT2D eigenvalue weighted by Gasteiger charge is -1.96. The number of rotatable bonds is 4. The summed E-state index contributed by atoms with van der Waals surface area (Å²) in [5.74, 6) is 0.323. The molecule has 1 N–H and O–H groups in total. The first-order valence-electron chi connectivity index (χ1n) is 3.54. The molecule has 1 aromatic heterocycles. The molecule has 0 aliphatic carbocycles. The van der Waals surface area contributed by atoms with Gasteiger partial charge in [0.2, 0.25) is 0 Å². The fourth-order valence-electron chi connectivity index (χ4n) is 0.603. The number of hydrogen-bond donors (Lipinski definition) is 1. The molecule has 66 valence electrons. The molecule has 0 aliphatic rings. The predicted octanol–water partition coefficient (Wildman–Crippen LogP) is 1.09. The van der Waals surface area contributed by atoms with Gasteiger partial charge in [0.1, 0.15) is 0 Å². The van der Waals surface area contributed by atoms with Crippen LogP contribution >= 0.6 is 11.8 Å². The largest absolute Gasteiger partial charge is 0.396 e. The normalized spacial score (nSPS) is 10.2. The summed E-state index contributed by atoms with van der Waals surface area (Å²) >= 11 is 1.40. The molecule has 0 atom stereocenters. The zero-order chi connectivity index (χ0) is 8.81. The van der Waals surface area contributed by atoms with Crippen molar-refractivity contribution in [1.29, 1.82) is 0 Å². The lowest BCUT2D eigenvalue weighted by Crippen LogP contribution is -1.90. The molecule has 0 amide bonds. The van der Waals surface area contributed by atoms with Crippen LogP contribution in [0, 0.1) is 5.82 Å². The number of halogens is 1. The molecular formula is C7H9FN2OS. The van der Waals surface area contributed by atoms with Gasteiger partial charge < -0.3 is 5.11 Å². The van der Waals surface area contributed by atoms with Gasteiger partial charge in [-0.25, -0.2) is 14.4 Å². The smallest absolute Gasteiger partial charge is 0.187 e. The molecule has 0 saturated heterocycles. The van der Waals surface area contributed by atoms with Crippen LogP contribution in [0.2, 0.25) is 0 Å². The molecule has 0 radical (unpaired) electrons. The Bertz CT molecular complexity index is 229. The molecule has 0 aliphatic heterocycles. The Hall–Kier alpha value is -0.680. The third-order valence-corrected chi connectivity index (χ3v) is 2.09. The first-order chi connectivity index (χ1) is 5.83. The van der Waals surface area contributed by atoms with Crippen molar-refractivity contribution in [1.82, 2.24) is 9.97 Å². The molecule has 0 aromatic carbocycles. The van der Waals surface area contributed by atoms with Crippen LogP contribution in [-0.2, 0) is 0 Å². The van der Waals surface area contributed by atoms with Crippen LogP contribution in [0.25, 0.3) is 0 Å². The fourth-order valence-corrected chi connectivity index (χ4v) is 1.31. The maximum atomic E-state index is 12.3. The van der Waals surface area contributed by atoms with Crippen molar-refractivity contribution in [3.8, 4) is 0 Å². The van der Waals surface area contributed by atoms with E-state index in [4.69, 9.17) is 5.11 Å². The van der Waals surface area contributed by atoms with Gasteiger partial charge in [-0.2, -0.15) is 0 Å². The SMILES string of the molecule is OCCCSc1ncc(F)cn1. The number of aliphatic hydroxyl groups excluding tert-OH is 1. The summed E-state index contributed by atoms with van der Waals surface area (Å²) in [5.41, 5.74) is 0. The molecule has 1 rings (SSSR count). The van der Waals surface area contributed by atoms with Crippen LogP contribution in [0.15, 0.2) is 17.6 Å². The Morgan fingerprint density at radius 3 is 2.67 bits per heavy atom. The summed E-state index contributed by atoms with van der Waals surface area (Å²) in [7, 11) is 0. The van der Waals surface area contributed by atoms with Gasteiger partial charge in [-0.3, -0.25) is 0 Å². The zero-order valence-corrected chi connectivity index (χ0v) is 7.22. The minimum Gasteiger partial charge on any atom is -0.396 e. The van der Waals surface area contributed by atoms with Gasteiger partial charge in [-0.1, -0.05) is 11.8 Å². The maximum absolute atomic E-state index is 12.3. The van der Waals surface area contributed by atoms with Crippen molar-refractivity contribution >= 4 is 11.8 Å². The lowest BCUT2D eigenvalue weighted by atomic mass is 10.5. The van der Waals surface area contributed by atoms with E-state index < -0.39 is 5.82 Å². The molecule has 0 bridgehead atoms. The Morgan fingerprint density at radius 1 is 1.42 bits per heavy atom. The molecule has 0 unspecified atom stereocenters. The van der Waals surface area contributed by atoms with E-state index in [2.05, 4.69) is 9.97 Å². The highest BCUT2D eigenvalue weighted by Crippen LogP contribution is 2.12. The van der Waals surface area contributed by atoms with Crippen molar-refractivity contribution in [2.24, 2.45) is 0 Å². The molecule has 3 nitrogen and oxygen atoms in total. The van der Waals surface area contributed by atoms with Crippen LogP contribution in [-0.4, -0.2) is 27.4 Å². The van der Waals surface area contributed by atoms with Gasteiger partial charge >= 0.3 is 0 Å². The summed E-state index contributed by atoms with van der Waals surface area (Å²) in [5, 5.41) is 9.02. The van der Waals surface area contributed by atoms with E-state index >= 15 is 0 Å². The third-order valence-electron chi connectivity index (χ3n) is 1.13. The lowest BCUT2D eigenvalue weighted by molar-refractivity contribution is 0.296. The van der Waals surface area contributed by atoms with E-state index in [1.54, 1.807) is 0 Å². The number of nitrogens with zero attached hydrogens (tertiary/aromatic N) is 2. The number of thioether (sulfide) groups is 1. The van der Waals surface area contributed by atoms with Crippen molar-refractivity contribution < 1.29 is 9.50 Å². The Labute approximate surface area is 74.0 Å². The van der Waals surface area contributed by atoms with Crippen molar-refractivity contribution in [2.45, 2.75) is 11.6 Å². The second-order valence-electron chi connectivity index (χ2n) is 2.11. The van der Waals surface area contributed by atoms with Gasteiger partial charge in [0.05, 0.1) is 12.4 Å². The third kappa shape index (κ3) is 3.15. The first kappa shape index (κ1) is 9.41. The minimum atomic E-state index is -0.429. The van der Waals surface area contributed by atoms with Crippen molar-refractivity contribution in [3.05, 3.63) is 18.2 Å². The van der Waals surface area contributed by atoms with E-state index in [1.807, 2.05) is 0 Å². The number of aromatic nitrogens is 2. The van der Waals surface area contributed by atoms with Gasteiger partial charge in [0.15, 0.2) is 11.0 Å². The van der Waals surface area contributed by atoms with Gasteiger partial charge in [0.25, 0.3) is 0 Å². The van der Waals surface area contributed by atoms with Gasteiger partial charge in [-0.15, -0.1) is 0 Å². The average molecular weight is 188 g/mol. The number of hydrogen-bond acceptors (Lipinski definition) is 4. The maximum Gasteiger partial charge on any atom is 0.187 e. The number of aliphatic hydroxyl groups is 1. The summed E-state index contributed by atoms with van der Waals surface area (Å²) in [6.45, 7) is 0.161. The Kier molecular flexibility index (Phi) is 3.96. The fraction of sp³-hybridized carbons (Fsp3) is 0.429. The van der Waals surface area contributed by atoms with Crippen LogP contribution in [0.3, 0.4) is 0 Å². The summed E-state index contributed by atoms with van der Waals surface area (Å²) in [6.07, 6.45) is 2.97. The van der Waals surface area contributed by atoms with Crippen LogP contribution < -0.4 is 0 Å². The van der Waals surface area contributed by atoms with E-state index in [0.29, 0.717) is 11.6 Å². The predicted molar refractivity (Wildman–Crippen MR) is 44.4 cm³/mol. The average Bonchev–Trinajstić information content (AvgIpc) is 2.09. The highest BCUT2D eigenvalue weighted by Gasteiger charge is 1.96. The van der Waals surface area contributed by atoms with E-state index in [-0.39, 0.29) is 6.61 Å². The molecule has 12 heavy (non-hydrogen) atoms.